The van der Waals surface area contributed by atoms with Crippen LogP contribution in [0.25, 0.3) is 0 Å². The molecule has 0 aliphatic carbocycles. The third-order valence-corrected chi connectivity index (χ3v) is 3.74. The molecule has 112 valence electrons. The van der Waals surface area contributed by atoms with Gasteiger partial charge in [-0.3, -0.25) is 0 Å². The fourth-order valence-corrected chi connectivity index (χ4v) is 2.60. The summed E-state index contributed by atoms with van der Waals surface area (Å²) in [6, 6.07) is 10.5. The summed E-state index contributed by atoms with van der Waals surface area (Å²) < 4.78 is 11.0. The fraction of sp³-hybridized carbons (Fsp3) is 0.500. The molecule has 1 fully saturated rings. The maximum atomic E-state index is 5.56. The topological polar surface area (TPSA) is 60.2 Å². The molecule has 1 aliphatic rings. The van der Waals surface area contributed by atoms with Crippen LogP contribution in [0.15, 0.2) is 34.9 Å². The van der Waals surface area contributed by atoms with Crippen molar-refractivity contribution < 1.29 is 9.26 Å². The summed E-state index contributed by atoms with van der Waals surface area (Å²) in [6.45, 7) is 4.49. The molecule has 1 aromatic heterocycles. The summed E-state index contributed by atoms with van der Waals surface area (Å²) >= 11 is 0. The normalized spacial score (nSPS) is 21.8. The molecule has 5 nitrogen and oxygen atoms in total. The van der Waals surface area contributed by atoms with E-state index in [2.05, 4.69) is 34.5 Å². The Balaban J connectivity index is 1.66. The van der Waals surface area contributed by atoms with Crippen LogP contribution in [0, 0.1) is 0 Å². The molecular formula is C16H21N3O2. The highest BCUT2D eigenvalue weighted by Gasteiger charge is 2.33. The Morgan fingerprint density at radius 2 is 2.10 bits per heavy atom. The van der Waals surface area contributed by atoms with Gasteiger partial charge in [0.2, 0.25) is 5.89 Å². The summed E-state index contributed by atoms with van der Waals surface area (Å²) in [4.78, 5) is 4.55. The summed E-state index contributed by atoms with van der Waals surface area (Å²) in [7, 11) is 0. The first-order valence-corrected chi connectivity index (χ1v) is 7.54. The van der Waals surface area contributed by atoms with Crippen LogP contribution < -0.4 is 5.32 Å². The molecule has 0 spiro atoms. The third kappa shape index (κ3) is 3.49. The van der Waals surface area contributed by atoms with Crippen molar-refractivity contribution in [3.63, 3.8) is 0 Å². The molecule has 1 aromatic carbocycles. The van der Waals surface area contributed by atoms with Gasteiger partial charge in [-0.15, -0.1) is 0 Å². The molecule has 2 aromatic rings. The quantitative estimate of drug-likeness (QED) is 0.882. The average molecular weight is 287 g/mol. The van der Waals surface area contributed by atoms with E-state index in [0.717, 1.165) is 18.8 Å². The first-order valence-electron chi connectivity index (χ1n) is 7.54. The van der Waals surface area contributed by atoms with Gasteiger partial charge in [0.25, 0.3) is 0 Å². The van der Waals surface area contributed by atoms with Gasteiger partial charge in [0, 0.05) is 12.5 Å². The van der Waals surface area contributed by atoms with Crippen molar-refractivity contribution in [2.75, 3.05) is 19.8 Å². The van der Waals surface area contributed by atoms with Gasteiger partial charge < -0.3 is 14.6 Å². The summed E-state index contributed by atoms with van der Waals surface area (Å²) in [5.74, 6) is 1.58. The van der Waals surface area contributed by atoms with Crippen molar-refractivity contribution in [2.45, 2.75) is 31.7 Å². The Morgan fingerprint density at radius 3 is 2.90 bits per heavy atom. The molecule has 0 radical (unpaired) electrons. The second kappa shape index (κ2) is 6.83. The molecule has 1 saturated heterocycles. The lowest BCUT2D eigenvalue weighted by Gasteiger charge is -2.14. The zero-order chi connectivity index (χ0) is 14.5. The predicted octanol–water partition coefficient (Wildman–Crippen LogP) is 2.14. The predicted molar refractivity (Wildman–Crippen MR) is 79.2 cm³/mol. The molecule has 2 heterocycles. The van der Waals surface area contributed by atoms with Crippen LogP contribution in [-0.4, -0.2) is 35.9 Å². The Bertz CT molecular complexity index is 556. The molecule has 1 aliphatic heterocycles. The minimum absolute atomic E-state index is 0.161. The number of hydrogen-bond acceptors (Lipinski definition) is 5. The van der Waals surface area contributed by atoms with Gasteiger partial charge in [-0.05, 0) is 18.5 Å². The number of rotatable bonds is 6. The molecule has 0 saturated carbocycles. The Morgan fingerprint density at radius 1 is 1.24 bits per heavy atom. The van der Waals surface area contributed by atoms with E-state index in [9.17, 15) is 0 Å². The summed E-state index contributed by atoms with van der Waals surface area (Å²) in [5, 5.41) is 7.59. The Labute approximate surface area is 124 Å². The van der Waals surface area contributed by atoms with Crippen LogP contribution in [0.4, 0.5) is 0 Å². The van der Waals surface area contributed by atoms with Crippen LogP contribution in [0.2, 0.25) is 0 Å². The van der Waals surface area contributed by atoms with Crippen molar-refractivity contribution in [1.29, 1.82) is 0 Å². The first kappa shape index (κ1) is 14.2. The van der Waals surface area contributed by atoms with E-state index in [4.69, 9.17) is 9.26 Å². The van der Waals surface area contributed by atoms with Gasteiger partial charge in [-0.1, -0.05) is 42.4 Å². The number of nitrogens with zero attached hydrogens (tertiary/aromatic N) is 2. The molecule has 1 N–H and O–H groups in total. The van der Waals surface area contributed by atoms with E-state index in [-0.39, 0.29) is 12.0 Å². The Hall–Kier alpha value is -1.72. The second-order valence-corrected chi connectivity index (χ2v) is 5.42. The molecule has 3 rings (SSSR count). The highest BCUT2D eigenvalue weighted by atomic mass is 16.5. The monoisotopic (exact) mass is 287 g/mol. The largest absolute Gasteiger partial charge is 0.379 e. The van der Waals surface area contributed by atoms with E-state index in [1.54, 1.807) is 0 Å². The van der Waals surface area contributed by atoms with Crippen molar-refractivity contribution in [1.82, 2.24) is 15.5 Å². The van der Waals surface area contributed by atoms with Gasteiger partial charge in [0.05, 0.1) is 19.1 Å². The number of nitrogens with one attached hydrogen (secondary N) is 1. The van der Waals surface area contributed by atoms with Gasteiger partial charge in [0.1, 0.15) is 0 Å². The number of ether oxygens (including phenoxy) is 1. The average Bonchev–Trinajstić information content (AvgIpc) is 3.15. The summed E-state index contributed by atoms with van der Waals surface area (Å²) in [6.07, 6.45) is 1.80. The number of benzene rings is 1. The van der Waals surface area contributed by atoms with Gasteiger partial charge >= 0.3 is 0 Å². The van der Waals surface area contributed by atoms with Crippen molar-refractivity contribution in [3.05, 3.63) is 47.6 Å². The highest BCUT2D eigenvalue weighted by molar-refractivity contribution is 5.18. The molecule has 2 unspecified atom stereocenters. The first-order chi connectivity index (χ1) is 10.4. The van der Waals surface area contributed by atoms with E-state index in [1.807, 2.05) is 18.2 Å². The van der Waals surface area contributed by atoms with Crippen LogP contribution in [-0.2, 0) is 11.2 Å². The molecule has 5 heteroatoms. The standard InChI is InChI=1S/C16H21N3O2/c1-2-8-17-14-11-20-10-13(14)16-18-15(19-21-16)9-12-6-4-3-5-7-12/h3-7,13-14,17H,2,8-11H2,1H3. The maximum absolute atomic E-state index is 5.56. The minimum Gasteiger partial charge on any atom is -0.379 e. The van der Waals surface area contributed by atoms with Crippen molar-refractivity contribution in [3.8, 4) is 0 Å². The fourth-order valence-electron chi connectivity index (χ4n) is 2.60. The lowest BCUT2D eigenvalue weighted by molar-refractivity contribution is 0.184. The van der Waals surface area contributed by atoms with E-state index in [0.29, 0.717) is 25.5 Å². The number of aromatic nitrogens is 2. The highest BCUT2D eigenvalue weighted by Crippen LogP contribution is 2.24. The smallest absolute Gasteiger partial charge is 0.233 e. The lowest BCUT2D eigenvalue weighted by Crippen LogP contribution is -2.35. The molecular weight excluding hydrogens is 266 g/mol. The van der Waals surface area contributed by atoms with Crippen LogP contribution in [0.3, 0.4) is 0 Å². The van der Waals surface area contributed by atoms with Crippen LogP contribution in [0.1, 0.15) is 36.5 Å². The SMILES string of the molecule is CCCNC1COCC1c1nc(Cc2ccccc2)no1. The van der Waals surface area contributed by atoms with Crippen molar-refractivity contribution >= 4 is 0 Å². The molecule has 21 heavy (non-hydrogen) atoms. The molecule has 0 bridgehead atoms. The number of hydrogen-bond donors (Lipinski definition) is 1. The molecule has 2 atom stereocenters. The van der Waals surface area contributed by atoms with E-state index in [1.165, 1.54) is 5.56 Å². The minimum atomic E-state index is 0.161. The Kier molecular flexibility index (Phi) is 4.62. The maximum Gasteiger partial charge on any atom is 0.233 e. The van der Waals surface area contributed by atoms with E-state index < -0.39 is 0 Å². The van der Waals surface area contributed by atoms with Crippen LogP contribution >= 0.6 is 0 Å². The molecule has 0 amide bonds. The second-order valence-electron chi connectivity index (χ2n) is 5.42. The van der Waals surface area contributed by atoms with Gasteiger partial charge in [-0.25, -0.2) is 0 Å². The van der Waals surface area contributed by atoms with Crippen molar-refractivity contribution in [2.24, 2.45) is 0 Å². The third-order valence-electron chi connectivity index (χ3n) is 3.74. The summed E-state index contributed by atoms with van der Waals surface area (Å²) in [5.41, 5.74) is 1.19. The van der Waals surface area contributed by atoms with Crippen LogP contribution in [0.5, 0.6) is 0 Å². The lowest BCUT2D eigenvalue weighted by atomic mass is 10.0. The zero-order valence-electron chi connectivity index (χ0n) is 12.3. The van der Waals surface area contributed by atoms with Gasteiger partial charge in [0.15, 0.2) is 5.82 Å². The van der Waals surface area contributed by atoms with Gasteiger partial charge in [-0.2, -0.15) is 4.98 Å². The van der Waals surface area contributed by atoms with E-state index >= 15 is 0 Å². The zero-order valence-corrected chi connectivity index (χ0v) is 12.3.